The third-order valence-electron chi connectivity index (χ3n) is 6.75. The van der Waals surface area contributed by atoms with Crippen LogP contribution in [0.1, 0.15) is 42.9 Å². The first kappa shape index (κ1) is 18.4. The standard InChI is InChI=1S/C22H28N4OS/c23-21-18-4-2-1-3-16(18)13-22(21)7-9-26(10-8-22)19-14-25-20(15-24-19)28-17-5-11-27-12-6-17/h1-4,14-15,17,21H,5-13,23H2/t21-/m1/s1. The molecule has 2 saturated heterocycles. The lowest BCUT2D eigenvalue weighted by atomic mass is 9.73. The lowest BCUT2D eigenvalue weighted by Gasteiger charge is -2.42. The Labute approximate surface area is 171 Å². The average molecular weight is 397 g/mol. The predicted octanol–water partition coefficient (Wildman–Crippen LogP) is 3.59. The second kappa shape index (κ2) is 7.65. The van der Waals surface area contributed by atoms with E-state index in [2.05, 4.69) is 34.1 Å². The summed E-state index contributed by atoms with van der Waals surface area (Å²) in [5.74, 6) is 0.996. The van der Waals surface area contributed by atoms with E-state index in [0.717, 1.165) is 69.3 Å². The van der Waals surface area contributed by atoms with Gasteiger partial charge in [-0.2, -0.15) is 0 Å². The van der Waals surface area contributed by atoms with Gasteiger partial charge in [-0.15, -0.1) is 11.8 Å². The van der Waals surface area contributed by atoms with Crippen LogP contribution in [0.2, 0.25) is 0 Å². The summed E-state index contributed by atoms with van der Waals surface area (Å²) in [6.07, 6.45) is 9.44. The van der Waals surface area contributed by atoms with Gasteiger partial charge in [-0.3, -0.25) is 0 Å². The van der Waals surface area contributed by atoms with Gasteiger partial charge in [0.25, 0.3) is 0 Å². The summed E-state index contributed by atoms with van der Waals surface area (Å²) in [6, 6.07) is 8.87. The van der Waals surface area contributed by atoms with Crippen LogP contribution in [0.25, 0.3) is 0 Å². The van der Waals surface area contributed by atoms with Crippen molar-refractivity contribution >= 4 is 17.6 Å². The largest absolute Gasteiger partial charge is 0.381 e. The number of ether oxygens (including phenoxy) is 1. The maximum atomic E-state index is 6.69. The molecule has 0 radical (unpaired) electrons. The molecule has 2 fully saturated rings. The minimum Gasteiger partial charge on any atom is -0.381 e. The second-order valence-electron chi connectivity index (χ2n) is 8.35. The van der Waals surface area contributed by atoms with Crippen LogP contribution in [0.5, 0.6) is 0 Å². The molecule has 0 amide bonds. The summed E-state index contributed by atoms with van der Waals surface area (Å²) in [5, 5.41) is 1.63. The molecule has 1 aliphatic carbocycles. The van der Waals surface area contributed by atoms with Gasteiger partial charge in [0.2, 0.25) is 0 Å². The third kappa shape index (κ3) is 3.42. The number of fused-ring (bicyclic) bond motifs is 1. The summed E-state index contributed by atoms with van der Waals surface area (Å²) in [4.78, 5) is 11.8. The fourth-order valence-corrected chi connectivity index (χ4v) is 5.98. The Kier molecular flexibility index (Phi) is 5.03. The van der Waals surface area contributed by atoms with E-state index in [0.29, 0.717) is 5.25 Å². The number of anilines is 1. The number of nitrogens with two attached hydrogens (primary N) is 1. The Morgan fingerprint density at radius 2 is 1.86 bits per heavy atom. The highest BCUT2D eigenvalue weighted by molar-refractivity contribution is 7.99. The minimum absolute atomic E-state index is 0.162. The van der Waals surface area contributed by atoms with Gasteiger partial charge in [-0.1, -0.05) is 24.3 Å². The van der Waals surface area contributed by atoms with Crippen molar-refractivity contribution in [2.45, 2.75) is 48.4 Å². The molecule has 1 aromatic carbocycles. The van der Waals surface area contributed by atoms with Crippen LogP contribution in [0.4, 0.5) is 5.82 Å². The van der Waals surface area contributed by atoms with Gasteiger partial charge in [0.1, 0.15) is 10.8 Å². The molecule has 28 heavy (non-hydrogen) atoms. The normalized spacial score (nSPS) is 24.5. The molecule has 5 nitrogen and oxygen atoms in total. The third-order valence-corrected chi connectivity index (χ3v) is 8.00. The monoisotopic (exact) mass is 396 g/mol. The number of rotatable bonds is 3. The van der Waals surface area contributed by atoms with E-state index >= 15 is 0 Å². The zero-order chi connectivity index (χ0) is 19.0. The van der Waals surface area contributed by atoms with Gasteiger partial charge in [-0.25, -0.2) is 9.97 Å². The first-order valence-corrected chi connectivity index (χ1v) is 11.3. The number of nitrogens with zero attached hydrogens (tertiary/aromatic N) is 3. The first-order chi connectivity index (χ1) is 13.7. The van der Waals surface area contributed by atoms with Crippen LogP contribution in [0.3, 0.4) is 0 Å². The Balaban J connectivity index is 1.21. The molecule has 0 bridgehead atoms. The molecular formula is C22H28N4OS. The molecule has 148 valence electrons. The first-order valence-electron chi connectivity index (χ1n) is 10.4. The lowest BCUT2D eigenvalue weighted by molar-refractivity contribution is 0.1000. The van der Waals surface area contributed by atoms with E-state index in [1.54, 1.807) is 0 Å². The van der Waals surface area contributed by atoms with Gasteiger partial charge in [0.05, 0.1) is 12.4 Å². The Morgan fingerprint density at radius 3 is 2.57 bits per heavy atom. The van der Waals surface area contributed by atoms with Gasteiger partial charge >= 0.3 is 0 Å². The van der Waals surface area contributed by atoms with E-state index in [9.17, 15) is 0 Å². The molecule has 1 aromatic heterocycles. The molecule has 5 rings (SSSR count). The second-order valence-corrected chi connectivity index (χ2v) is 9.67. The molecule has 1 atom stereocenters. The molecule has 1 spiro atoms. The molecular weight excluding hydrogens is 368 g/mol. The maximum Gasteiger partial charge on any atom is 0.147 e. The van der Waals surface area contributed by atoms with E-state index < -0.39 is 0 Å². The molecule has 2 aliphatic heterocycles. The number of piperidine rings is 1. The molecule has 2 aromatic rings. The summed E-state index contributed by atoms with van der Waals surface area (Å²) in [7, 11) is 0. The molecule has 3 heterocycles. The molecule has 0 saturated carbocycles. The predicted molar refractivity (Wildman–Crippen MR) is 113 cm³/mol. The zero-order valence-electron chi connectivity index (χ0n) is 16.2. The van der Waals surface area contributed by atoms with E-state index in [4.69, 9.17) is 15.5 Å². The van der Waals surface area contributed by atoms with E-state index in [1.165, 1.54) is 11.1 Å². The van der Waals surface area contributed by atoms with Crippen molar-refractivity contribution in [3.05, 3.63) is 47.8 Å². The minimum atomic E-state index is 0.162. The summed E-state index contributed by atoms with van der Waals surface area (Å²) >= 11 is 1.84. The van der Waals surface area contributed by atoms with E-state index in [1.807, 2.05) is 24.2 Å². The van der Waals surface area contributed by atoms with Gasteiger partial charge in [-0.05, 0) is 48.6 Å². The van der Waals surface area contributed by atoms with Crippen LogP contribution < -0.4 is 10.6 Å². The number of aromatic nitrogens is 2. The molecule has 6 heteroatoms. The van der Waals surface area contributed by atoms with Crippen molar-refractivity contribution in [3.63, 3.8) is 0 Å². The van der Waals surface area contributed by atoms with Crippen molar-refractivity contribution in [3.8, 4) is 0 Å². The Morgan fingerprint density at radius 1 is 1.07 bits per heavy atom. The summed E-state index contributed by atoms with van der Waals surface area (Å²) < 4.78 is 5.44. The average Bonchev–Trinajstić information content (AvgIpc) is 3.02. The van der Waals surface area contributed by atoms with Gasteiger partial charge < -0.3 is 15.4 Å². The molecule has 3 aliphatic rings. The molecule has 0 unspecified atom stereocenters. The smallest absolute Gasteiger partial charge is 0.147 e. The van der Waals surface area contributed by atoms with E-state index in [-0.39, 0.29) is 11.5 Å². The number of hydrogen-bond donors (Lipinski definition) is 1. The topological polar surface area (TPSA) is 64.3 Å². The quantitative estimate of drug-likeness (QED) is 0.855. The molecule has 2 N–H and O–H groups in total. The van der Waals surface area contributed by atoms with Gasteiger partial charge in [0.15, 0.2) is 0 Å². The Hall–Kier alpha value is -1.63. The van der Waals surface area contributed by atoms with Gasteiger partial charge in [0, 0.05) is 37.6 Å². The highest BCUT2D eigenvalue weighted by Crippen LogP contribution is 2.50. The van der Waals surface area contributed by atoms with Crippen LogP contribution in [-0.4, -0.2) is 41.5 Å². The number of benzene rings is 1. The summed E-state index contributed by atoms with van der Waals surface area (Å²) in [5.41, 5.74) is 9.70. The SMILES string of the molecule is N[C@@H]1c2ccccc2CC12CCN(c1cnc(SC3CCOCC3)cn1)CC2. The van der Waals surface area contributed by atoms with Crippen LogP contribution in [-0.2, 0) is 11.2 Å². The zero-order valence-corrected chi connectivity index (χ0v) is 17.0. The van der Waals surface area contributed by atoms with Crippen LogP contribution in [0, 0.1) is 5.41 Å². The van der Waals surface area contributed by atoms with Crippen molar-refractivity contribution in [2.24, 2.45) is 11.1 Å². The number of thioether (sulfide) groups is 1. The maximum absolute atomic E-state index is 6.69. The fourth-order valence-electron chi connectivity index (χ4n) is 4.98. The highest BCUT2D eigenvalue weighted by Gasteiger charge is 2.45. The van der Waals surface area contributed by atoms with Crippen molar-refractivity contribution in [2.75, 3.05) is 31.2 Å². The Bertz CT molecular complexity index is 814. The van der Waals surface area contributed by atoms with Crippen LogP contribution >= 0.6 is 11.8 Å². The van der Waals surface area contributed by atoms with Crippen molar-refractivity contribution in [1.29, 1.82) is 0 Å². The van der Waals surface area contributed by atoms with Crippen molar-refractivity contribution < 1.29 is 4.74 Å². The number of hydrogen-bond acceptors (Lipinski definition) is 6. The van der Waals surface area contributed by atoms with Crippen LogP contribution in [0.15, 0.2) is 41.7 Å². The summed E-state index contributed by atoms with van der Waals surface area (Å²) in [6.45, 7) is 3.74. The lowest BCUT2D eigenvalue weighted by Crippen LogP contribution is -2.44. The fraction of sp³-hybridized carbons (Fsp3) is 0.545. The highest BCUT2D eigenvalue weighted by atomic mass is 32.2. The van der Waals surface area contributed by atoms with Crippen molar-refractivity contribution in [1.82, 2.24) is 9.97 Å².